The highest BCUT2D eigenvalue weighted by atomic mass is 79.9. The van der Waals surface area contributed by atoms with Crippen molar-refractivity contribution in [3.8, 4) is 0 Å². The smallest absolute Gasteiger partial charge is 0.0314 e. The summed E-state index contributed by atoms with van der Waals surface area (Å²) in [5, 5.41) is 4.27. The summed E-state index contributed by atoms with van der Waals surface area (Å²) in [6.07, 6.45) is 2.18. The topological polar surface area (TPSA) is 26.0 Å². The zero-order valence-electron chi connectivity index (χ0n) is 5.64. The van der Waals surface area contributed by atoms with E-state index in [1.807, 2.05) is 0 Å². The Bertz CT molecular complexity index is 197. The molecule has 1 heterocycles. The zero-order chi connectivity index (χ0) is 7.40. The van der Waals surface area contributed by atoms with Crippen LogP contribution in [0, 0.1) is 0 Å². The zero-order valence-corrected chi connectivity index (χ0v) is 8.04. The fourth-order valence-corrected chi connectivity index (χ4v) is 2.31. The van der Waals surface area contributed by atoms with Gasteiger partial charge in [-0.1, -0.05) is 0 Å². The molecule has 0 radical (unpaired) electrons. The van der Waals surface area contributed by atoms with Crippen LogP contribution in [0.1, 0.15) is 12.0 Å². The van der Waals surface area contributed by atoms with Crippen molar-refractivity contribution in [1.82, 2.24) is 0 Å². The molecule has 0 aliphatic heterocycles. The molecule has 0 unspecified atom stereocenters. The van der Waals surface area contributed by atoms with Crippen molar-refractivity contribution in [3.63, 3.8) is 0 Å². The van der Waals surface area contributed by atoms with Crippen LogP contribution in [0.4, 0.5) is 0 Å². The van der Waals surface area contributed by atoms with E-state index in [4.69, 9.17) is 5.73 Å². The molecule has 1 nitrogen and oxygen atoms in total. The van der Waals surface area contributed by atoms with Gasteiger partial charge in [-0.15, -0.1) is 0 Å². The number of aryl methyl sites for hydroxylation is 1. The highest BCUT2D eigenvalue weighted by Crippen LogP contribution is 2.22. The molecule has 0 spiro atoms. The quantitative estimate of drug-likeness (QED) is 0.831. The first kappa shape index (κ1) is 8.24. The molecule has 0 saturated heterocycles. The van der Waals surface area contributed by atoms with E-state index < -0.39 is 0 Å². The summed E-state index contributed by atoms with van der Waals surface area (Å²) in [4.78, 5) is 0. The molecule has 0 atom stereocenters. The molecule has 0 aliphatic rings. The van der Waals surface area contributed by atoms with Crippen molar-refractivity contribution >= 4 is 27.3 Å². The van der Waals surface area contributed by atoms with Gasteiger partial charge in [-0.2, -0.15) is 11.3 Å². The number of halogens is 1. The van der Waals surface area contributed by atoms with Crippen LogP contribution in [0.15, 0.2) is 15.2 Å². The number of hydrogen-bond acceptors (Lipinski definition) is 2. The van der Waals surface area contributed by atoms with E-state index in [0.29, 0.717) is 0 Å². The van der Waals surface area contributed by atoms with E-state index in [-0.39, 0.29) is 0 Å². The van der Waals surface area contributed by atoms with E-state index in [2.05, 4.69) is 26.7 Å². The Balaban J connectivity index is 2.49. The molecule has 0 aliphatic carbocycles. The minimum Gasteiger partial charge on any atom is -0.330 e. The van der Waals surface area contributed by atoms with Crippen molar-refractivity contribution in [3.05, 3.63) is 20.8 Å². The average molecular weight is 220 g/mol. The molecule has 0 bridgehead atoms. The minimum absolute atomic E-state index is 0.780. The van der Waals surface area contributed by atoms with Crippen molar-refractivity contribution in [2.24, 2.45) is 5.73 Å². The van der Waals surface area contributed by atoms with Crippen molar-refractivity contribution in [2.75, 3.05) is 6.54 Å². The second-order valence-corrected chi connectivity index (χ2v) is 3.74. The molecule has 0 saturated carbocycles. The van der Waals surface area contributed by atoms with Crippen LogP contribution in [-0.4, -0.2) is 6.54 Å². The van der Waals surface area contributed by atoms with Gasteiger partial charge in [0.2, 0.25) is 0 Å². The van der Waals surface area contributed by atoms with E-state index in [1.54, 1.807) is 11.3 Å². The Hall–Kier alpha value is 0.140. The molecule has 1 aromatic rings. The Morgan fingerprint density at radius 1 is 1.50 bits per heavy atom. The summed E-state index contributed by atoms with van der Waals surface area (Å²) < 4.78 is 1.23. The second-order valence-electron chi connectivity index (χ2n) is 2.14. The van der Waals surface area contributed by atoms with Crippen molar-refractivity contribution in [1.29, 1.82) is 0 Å². The van der Waals surface area contributed by atoms with Gasteiger partial charge >= 0.3 is 0 Å². The van der Waals surface area contributed by atoms with Crippen LogP contribution < -0.4 is 5.73 Å². The third-order valence-corrected chi connectivity index (χ3v) is 3.17. The Labute approximate surface area is 73.4 Å². The highest BCUT2D eigenvalue weighted by molar-refractivity contribution is 9.10. The van der Waals surface area contributed by atoms with Gasteiger partial charge in [0.15, 0.2) is 0 Å². The lowest BCUT2D eigenvalue weighted by atomic mass is 10.2. The molecule has 3 heteroatoms. The maximum Gasteiger partial charge on any atom is 0.0314 e. The second kappa shape index (κ2) is 4.11. The predicted octanol–water partition coefficient (Wildman–Crippen LogP) is 2.40. The summed E-state index contributed by atoms with van der Waals surface area (Å²) in [5.74, 6) is 0. The van der Waals surface area contributed by atoms with E-state index in [1.165, 1.54) is 10.0 Å². The van der Waals surface area contributed by atoms with Crippen molar-refractivity contribution in [2.45, 2.75) is 12.8 Å². The molecule has 1 aromatic heterocycles. The van der Waals surface area contributed by atoms with Crippen LogP contribution in [0.5, 0.6) is 0 Å². The van der Waals surface area contributed by atoms with Crippen LogP contribution in [-0.2, 0) is 6.42 Å². The van der Waals surface area contributed by atoms with E-state index in [0.717, 1.165) is 19.4 Å². The largest absolute Gasteiger partial charge is 0.330 e. The first-order valence-electron chi connectivity index (χ1n) is 3.25. The number of hydrogen-bond donors (Lipinski definition) is 1. The molecule has 1 rings (SSSR count). The van der Waals surface area contributed by atoms with Crippen LogP contribution in [0.2, 0.25) is 0 Å². The van der Waals surface area contributed by atoms with Gasteiger partial charge in [-0.3, -0.25) is 0 Å². The highest BCUT2D eigenvalue weighted by Gasteiger charge is 1.98. The first-order valence-corrected chi connectivity index (χ1v) is 4.99. The third-order valence-electron chi connectivity index (χ3n) is 1.34. The molecule has 56 valence electrons. The molecule has 2 N–H and O–H groups in total. The van der Waals surface area contributed by atoms with Crippen molar-refractivity contribution < 1.29 is 0 Å². The summed E-state index contributed by atoms with van der Waals surface area (Å²) in [5.41, 5.74) is 6.77. The van der Waals surface area contributed by atoms with Gasteiger partial charge in [-0.05, 0) is 46.3 Å². The van der Waals surface area contributed by atoms with Gasteiger partial charge in [0.05, 0.1) is 0 Å². The fraction of sp³-hybridized carbons (Fsp3) is 0.429. The lowest BCUT2D eigenvalue weighted by Crippen LogP contribution is -1.99. The SMILES string of the molecule is NCCCc1cscc1Br. The number of rotatable bonds is 3. The minimum atomic E-state index is 0.780. The lowest BCUT2D eigenvalue weighted by Gasteiger charge is -1.94. The van der Waals surface area contributed by atoms with Crippen LogP contribution in [0.3, 0.4) is 0 Å². The fourth-order valence-electron chi connectivity index (χ4n) is 0.779. The molecule has 0 aromatic carbocycles. The van der Waals surface area contributed by atoms with E-state index >= 15 is 0 Å². The molecule has 0 fully saturated rings. The lowest BCUT2D eigenvalue weighted by molar-refractivity contribution is 0.833. The summed E-state index contributed by atoms with van der Waals surface area (Å²) in [6, 6.07) is 0. The molecule has 10 heavy (non-hydrogen) atoms. The van der Waals surface area contributed by atoms with Gasteiger partial charge in [-0.25, -0.2) is 0 Å². The number of thiophene rings is 1. The maximum atomic E-state index is 5.38. The Morgan fingerprint density at radius 3 is 2.80 bits per heavy atom. The first-order chi connectivity index (χ1) is 4.84. The standard InChI is InChI=1S/C7H10BrNS/c8-7-5-10-4-6(7)2-1-3-9/h4-5H,1-3,9H2. The average Bonchev–Trinajstić information content (AvgIpc) is 2.31. The Morgan fingerprint density at radius 2 is 2.30 bits per heavy atom. The van der Waals surface area contributed by atoms with E-state index in [9.17, 15) is 0 Å². The van der Waals surface area contributed by atoms with Crippen LogP contribution in [0.25, 0.3) is 0 Å². The van der Waals surface area contributed by atoms with Gasteiger partial charge in [0.25, 0.3) is 0 Å². The summed E-state index contributed by atoms with van der Waals surface area (Å²) in [7, 11) is 0. The third kappa shape index (κ3) is 2.08. The van der Waals surface area contributed by atoms with Crippen LogP contribution >= 0.6 is 27.3 Å². The molecule has 0 amide bonds. The maximum absolute atomic E-state index is 5.38. The van der Waals surface area contributed by atoms with Gasteiger partial charge in [0.1, 0.15) is 0 Å². The van der Waals surface area contributed by atoms with Gasteiger partial charge in [0, 0.05) is 9.85 Å². The monoisotopic (exact) mass is 219 g/mol. The summed E-state index contributed by atoms with van der Waals surface area (Å²) >= 11 is 5.19. The summed E-state index contributed by atoms with van der Waals surface area (Å²) in [6.45, 7) is 0.780. The molecular formula is C7H10BrNS. The predicted molar refractivity (Wildman–Crippen MR) is 49.4 cm³/mol. The molecular weight excluding hydrogens is 210 g/mol. The normalized spacial score (nSPS) is 10.2. The van der Waals surface area contributed by atoms with Gasteiger partial charge < -0.3 is 5.73 Å². The number of nitrogens with two attached hydrogens (primary N) is 1. The Kier molecular flexibility index (Phi) is 3.39.